The summed E-state index contributed by atoms with van der Waals surface area (Å²) in [7, 11) is 1.55. The van der Waals surface area contributed by atoms with Gasteiger partial charge in [-0.1, -0.05) is 39.7 Å². The molecule has 5 heteroatoms. The zero-order chi connectivity index (χ0) is 15.7. The summed E-state index contributed by atoms with van der Waals surface area (Å²) in [6.45, 7) is 0. The van der Waals surface area contributed by atoms with Crippen LogP contribution in [0, 0.1) is 11.3 Å². The molecule has 3 nitrogen and oxygen atoms in total. The van der Waals surface area contributed by atoms with Crippen molar-refractivity contribution >= 4 is 33.2 Å². The Labute approximate surface area is 143 Å². The van der Waals surface area contributed by atoms with Crippen molar-refractivity contribution in [1.29, 1.82) is 5.26 Å². The van der Waals surface area contributed by atoms with Crippen LogP contribution in [0.1, 0.15) is 29.2 Å². The standard InChI is InChI=1S/C17H14BrClN2O/c1-22-17-8-16(14(19)7-10(17)9-20)21-15-6-5-11-12(15)3-2-4-13(11)18/h2-4,7-8,15,21H,5-6H2,1H3. The Morgan fingerprint density at radius 3 is 2.95 bits per heavy atom. The van der Waals surface area contributed by atoms with Gasteiger partial charge in [-0.05, 0) is 36.1 Å². The fourth-order valence-corrected chi connectivity index (χ4v) is 3.67. The van der Waals surface area contributed by atoms with Gasteiger partial charge in [0.2, 0.25) is 0 Å². The molecule has 0 aromatic heterocycles. The average molecular weight is 378 g/mol. The van der Waals surface area contributed by atoms with E-state index in [-0.39, 0.29) is 6.04 Å². The maximum absolute atomic E-state index is 9.10. The van der Waals surface area contributed by atoms with Crippen LogP contribution in [0.15, 0.2) is 34.8 Å². The zero-order valence-corrected chi connectivity index (χ0v) is 14.3. The van der Waals surface area contributed by atoms with E-state index in [1.807, 2.05) is 6.07 Å². The lowest BCUT2D eigenvalue weighted by Crippen LogP contribution is -2.08. The van der Waals surface area contributed by atoms with Gasteiger partial charge in [-0.15, -0.1) is 0 Å². The number of ether oxygens (including phenoxy) is 1. The fraction of sp³-hybridized carbons (Fsp3) is 0.235. The number of nitrogens with one attached hydrogen (secondary N) is 1. The molecule has 0 amide bonds. The number of fused-ring (bicyclic) bond motifs is 1. The van der Waals surface area contributed by atoms with Gasteiger partial charge >= 0.3 is 0 Å². The lowest BCUT2D eigenvalue weighted by molar-refractivity contribution is 0.413. The van der Waals surface area contributed by atoms with E-state index in [2.05, 4.69) is 39.4 Å². The molecule has 112 valence electrons. The van der Waals surface area contributed by atoms with Crippen LogP contribution in [0.3, 0.4) is 0 Å². The van der Waals surface area contributed by atoms with Gasteiger partial charge in [-0.3, -0.25) is 0 Å². The number of nitriles is 1. The first-order valence-electron chi connectivity index (χ1n) is 6.95. The molecular formula is C17H14BrClN2O. The molecule has 0 radical (unpaired) electrons. The topological polar surface area (TPSA) is 45.0 Å². The van der Waals surface area contributed by atoms with E-state index < -0.39 is 0 Å². The molecule has 0 saturated heterocycles. The van der Waals surface area contributed by atoms with Gasteiger partial charge in [0.15, 0.2) is 0 Å². The summed E-state index contributed by atoms with van der Waals surface area (Å²) in [5.41, 5.74) is 3.86. The first kappa shape index (κ1) is 15.2. The van der Waals surface area contributed by atoms with E-state index in [1.165, 1.54) is 11.1 Å². The van der Waals surface area contributed by atoms with E-state index in [0.717, 1.165) is 23.0 Å². The normalized spacial score (nSPS) is 16.0. The van der Waals surface area contributed by atoms with Gasteiger partial charge in [0.05, 0.1) is 29.4 Å². The van der Waals surface area contributed by atoms with Crippen LogP contribution in [0.2, 0.25) is 5.02 Å². The second-order valence-electron chi connectivity index (χ2n) is 5.19. The van der Waals surface area contributed by atoms with Crippen molar-refractivity contribution < 1.29 is 4.74 Å². The minimum absolute atomic E-state index is 0.211. The van der Waals surface area contributed by atoms with E-state index in [0.29, 0.717) is 16.3 Å². The number of hydrogen-bond donors (Lipinski definition) is 1. The highest BCUT2D eigenvalue weighted by Gasteiger charge is 2.24. The maximum Gasteiger partial charge on any atom is 0.138 e. The summed E-state index contributed by atoms with van der Waals surface area (Å²) >= 11 is 9.90. The van der Waals surface area contributed by atoms with Crippen molar-refractivity contribution in [2.24, 2.45) is 0 Å². The second kappa shape index (κ2) is 6.20. The highest BCUT2D eigenvalue weighted by molar-refractivity contribution is 9.10. The molecule has 3 rings (SSSR count). The quantitative estimate of drug-likeness (QED) is 0.811. The summed E-state index contributed by atoms with van der Waals surface area (Å²) in [4.78, 5) is 0. The van der Waals surface area contributed by atoms with Crippen molar-refractivity contribution in [2.45, 2.75) is 18.9 Å². The van der Waals surface area contributed by atoms with Crippen LogP contribution in [-0.2, 0) is 6.42 Å². The van der Waals surface area contributed by atoms with E-state index in [1.54, 1.807) is 19.2 Å². The molecule has 2 aromatic carbocycles. The fourth-order valence-electron chi connectivity index (χ4n) is 2.87. The molecule has 1 atom stereocenters. The third kappa shape index (κ3) is 2.67. The van der Waals surface area contributed by atoms with Crippen LogP contribution < -0.4 is 10.1 Å². The van der Waals surface area contributed by atoms with E-state index >= 15 is 0 Å². The Hall–Kier alpha value is -1.70. The second-order valence-corrected chi connectivity index (χ2v) is 6.45. The molecule has 0 bridgehead atoms. The Morgan fingerprint density at radius 1 is 1.41 bits per heavy atom. The predicted molar refractivity (Wildman–Crippen MR) is 91.5 cm³/mol. The molecule has 1 unspecified atom stereocenters. The lowest BCUT2D eigenvalue weighted by Gasteiger charge is -2.18. The molecule has 2 aromatic rings. The molecule has 0 fully saturated rings. The number of nitrogens with zero attached hydrogens (tertiary/aromatic N) is 1. The van der Waals surface area contributed by atoms with Gasteiger partial charge in [-0.25, -0.2) is 0 Å². The molecule has 1 aliphatic rings. The number of halogens is 2. The third-order valence-electron chi connectivity index (χ3n) is 3.95. The summed E-state index contributed by atoms with van der Waals surface area (Å²) < 4.78 is 6.41. The van der Waals surface area contributed by atoms with Crippen LogP contribution in [0.4, 0.5) is 5.69 Å². The highest BCUT2D eigenvalue weighted by Crippen LogP contribution is 2.40. The predicted octanol–water partition coefficient (Wildman–Crippen LogP) is 5.08. The largest absolute Gasteiger partial charge is 0.495 e. The minimum atomic E-state index is 0.211. The van der Waals surface area contributed by atoms with Crippen molar-refractivity contribution in [2.75, 3.05) is 12.4 Å². The van der Waals surface area contributed by atoms with Gasteiger partial charge < -0.3 is 10.1 Å². The monoisotopic (exact) mass is 376 g/mol. The van der Waals surface area contributed by atoms with Crippen molar-refractivity contribution in [3.8, 4) is 11.8 Å². The van der Waals surface area contributed by atoms with Crippen molar-refractivity contribution in [1.82, 2.24) is 0 Å². The number of methoxy groups -OCH3 is 1. The smallest absolute Gasteiger partial charge is 0.138 e. The van der Waals surface area contributed by atoms with E-state index in [4.69, 9.17) is 21.6 Å². The molecule has 1 aliphatic carbocycles. The average Bonchev–Trinajstić information content (AvgIpc) is 2.93. The molecule has 0 spiro atoms. The highest BCUT2D eigenvalue weighted by atomic mass is 79.9. The van der Waals surface area contributed by atoms with Crippen LogP contribution in [-0.4, -0.2) is 7.11 Å². The number of anilines is 1. The van der Waals surface area contributed by atoms with Crippen molar-refractivity contribution in [3.63, 3.8) is 0 Å². The summed E-state index contributed by atoms with van der Waals surface area (Å²) in [5.74, 6) is 0.530. The van der Waals surface area contributed by atoms with Gasteiger partial charge in [-0.2, -0.15) is 5.26 Å². The summed E-state index contributed by atoms with van der Waals surface area (Å²) in [5, 5.41) is 13.1. The Kier molecular flexibility index (Phi) is 4.28. The Morgan fingerprint density at radius 2 is 2.23 bits per heavy atom. The molecule has 0 saturated carbocycles. The van der Waals surface area contributed by atoms with Crippen LogP contribution >= 0.6 is 27.5 Å². The lowest BCUT2D eigenvalue weighted by atomic mass is 10.1. The summed E-state index contributed by atoms with van der Waals surface area (Å²) in [6, 6.07) is 12.0. The zero-order valence-electron chi connectivity index (χ0n) is 12.0. The molecule has 1 N–H and O–H groups in total. The minimum Gasteiger partial charge on any atom is -0.495 e. The Balaban J connectivity index is 1.93. The first-order chi connectivity index (χ1) is 10.6. The van der Waals surface area contributed by atoms with Gasteiger partial charge in [0, 0.05) is 10.5 Å². The van der Waals surface area contributed by atoms with Gasteiger partial charge in [0.25, 0.3) is 0 Å². The van der Waals surface area contributed by atoms with Crippen LogP contribution in [0.25, 0.3) is 0 Å². The van der Waals surface area contributed by atoms with Gasteiger partial charge in [0.1, 0.15) is 11.8 Å². The molecule has 0 aliphatic heterocycles. The molecule has 22 heavy (non-hydrogen) atoms. The molecular weight excluding hydrogens is 364 g/mol. The number of rotatable bonds is 3. The van der Waals surface area contributed by atoms with Crippen LogP contribution in [0.5, 0.6) is 5.75 Å². The van der Waals surface area contributed by atoms with Crippen molar-refractivity contribution in [3.05, 3.63) is 56.5 Å². The summed E-state index contributed by atoms with van der Waals surface area (Å²) in [6.07, 6.45) is 2.04. The first-order valence-corrected chi connectivity index (χ1v) is 8.12. The third-order valence-corrected chi connectivity index (χ3v) is 5.01. The number of hydrogen-bond acceptors (Lipinski definition) is 3. The maximum atomic E-state index is 9.10. The van der Waals surface area contributed by atoms with E-state index in [9.17, 15) is 0 Å². The Bertz CT molecular complexity index is 770. The number of benzene rings is 2. The SMILES string of the molecule is COc1cc(NC2CCc3c(Br)cccc32)c(Cl)cc1C#N. The molecule has 0 heterocycles.